The highest BCUT2D eigenvalue weighted by molar-refractivity contribution is 7.20. The number of nitrogens with zero attached hydrogens (tertiary/aromatic N) is 6. The fraction of sp³-hybridized carbons (Fsp3) is 0.500. The maximum atomic E-state index is 12.2. The van der Waals surface area contributed by atoms with Gasteiger partial charge in [-0.1, -0.05) is 24.7 Å². The molecule has 4 rings (SSSR count). The largest absolute Gasteiger partial charge is 0.346 e. The molecular weight excluding hydrogens is 324 g/mol. The Morgan fingerprint density at radius 1 is 1.33 bits per heavy atom. The zero-order valence-corrected chi connectivity index (χ0v) is 14.4. The quantitative estimate of drug-likeness (QED) is 0.725. The van der Waals surface area contributed by atoms with E-state index in [1.807, 2.05) is 23.1 Å². The highest BCUT2D eigenvalue weighted by Crippen LogP contribution is 2.28. The Hall–Kier alpha value is -2.22. The van der Waals surface area contributed by atoms with Crippen molar-refractivity contribution in [3.63, 3.8) is 0 Å². The number of rotatable bonds is 4. The molecule has 1 saturated heterocycles. The molecule has 0 bridgehead atoms. The molecule has 0 aliphatic carbocycles. The minimum Gasteiger partial charge on any atom is -0.346 e. The second-order valence-electron chi connectivity index (χ2n) is 6.12. The second kappa shape index (κ2) is 6.35. The third kappa shape index (κ3) is 2.82. The van der Waals surface area contributed by atoms with E-state index >= 15 is 0 Å². The van der Waals surface area contributed by atoms with Crippen LogP contribution in [0.1, 0.15) is 37.9 Å². The molecule has 1 aliphatic rings. The summed E-state index contributed by atoms with van der Waals surface area (Å²) in [6.07, 6.45) is 7.72. The Bertz CT molecular complexity index is 876. The van der Waals surface area contributed by atoms with Crippen molar-refractivity contribution in [2.45, 2.75) is 38.6 Å². The molecular formula is C16H20N6OS. The van der Waals surface area contributed by atoms with E-state index in [1.165, 1.54) is 15.9 Å². The molecule has 0 aromatic carbocycles. The SMILES string of the molecule is CCCc1cc(=O)n2nc(N3CCC(n4cccn4)CC3)sc2n1. The summed E-state index contributed by atoms with van der Waals surface area (Å²) in [6, 6.07) is 4.01. The van der Waals surface area contributed by atoms with Gasteiger partial charge in [-0.15, -0.1) is 5.10 Å². The predicted octanol–water partition coefficient (Wildman–Crippen LogP) is 2.14. The lowest BCUT2D eigenvalue weighted by Gasteiger charge is -2.31. The lowest BCUT2D eigenvalue weighted by Crippen LogP contribution is -2.34. The molecule has 0 saturated carbocycles. The van der Waals surface area contributed by atoms with Crippen LogP contribution < -0.4 is 10.5 Å². The minimum atomic E-state index is -0.0858. The number of piperidine rings is 1. The number of hydrogen-bond acceptors (Lipinski definition) is 6. The van der Waals surface area contributed by atoms with E-state index in [9.17, 15) is 4.79 Å². The zero-order valence-electron chi connectivity index (χ0n) is 13.6. The summed E-state index contributed by atoms with van der Waals surface area (Å²) in [4.78, 5) is 19.7. The summed E-state index contributed by atoms with van der Waals surface area (Å²) in [5.41, 5.74) is 0.771. The van der Waals surface area contributed by atoms with E-state index in [-0.39, 0.29) is 5.56 Å². The summed E-state index contributed by atoms with van der Waals surface area (Å²) in [5, 5.41) is 9.71. The van der Waals surface area contributed by atoms with Crippen LogP contribution in [0.15, 0.2) is 29.3 Å². The Balaban J connectivity index is 1.54. The average Bonchev–Trinajstić information content (AvgIpc) is 3.25. The van der Waals surface area contributed by atoms with Gasteiger partial charge in [0, 0.05) is 37.2 Å². The lowest BCUT2D eigenvalue weighted by molar-refractivity contribution is 0.366. The van der Waals surface area contributed by atoms with Crippen LogP contribution in [-0.4, -0.2) is 37.5 Å². The molecule has 0 radical (unpaired) electrons. The molecule has 3 aromatic heterocycles. The number of anilines is 1. The monoisotopic (exact) mass is 344 g/mol. The van der Waals surface area contributed by atoms with Crippen molar-refractivity contribution in [1.29, 1.82) is 0 Å². The van der Waals surface area contributed by atoms with E-state index in [0.29, 0.717) is 11.0 Å². The summed E-state index contributed by atoms with van der Waals surface area (Å²) in [5.74, 6) is 0. The molecule has 8 heteroatoms. The first-order valence-corrected chi connectivity index (χ1v) is 9.20. The predicted molar refractivity (Wildman–Crippen MR) is 93.8 cm³/mol. The van der Waals surface area contributed by atoms with Crippen molar-refractivity contribution in [3.05, 3.63) is 40.6 Å². The smallest absolute Gasteiger partial charge is 0.275 e. The average molecular weight is 344 g/mol. The van der Waals surface area contributed by atoms with Crippen LogP contribution in [0.2, 0.25) is 0 Å². The molecule has 0 unspecified atom stereocenters. The van der Waals surface area contributed by atoms with Gasteiger partial charge >= 0.3 is 0 Å². The summed E-state index contributed by atoms with van der Waals surface area (Å²) in [7, 11) is 0. The maximum Gasteiger partial charge on any atom is 0.275 e. The van der Waals surface area contributed by atoms with Crippen molar-refractivity contribution in [2.24, 2.45) is 0 Å². The van der Waals surface area contributed by atoms with Crippen molar-refractivity contribution in [1.82, 2.24) is 24.4 Å². The van der Waals surface area contributed by atoms with Crippen LogP contribution in [0, 0.1) is 0 Å². The number of hydrogen-bond donors (Lipinski definition) is 0. The van der Waals surface area contributed by atoms with Gasteiger partial charge in [0.25, 0.3) is 5.56 Å². The van der Waals surface area contributed by atoms with Gasteiger partial charge in [-0.05, 0) is 25.3 Å². The van der Waals surface area contributed by atoms with E-state index in [0.717, 1.165) is 49.6 Å². The van der Waals surface area contributed by atoms with Gasteiger partial charge in [-0.25, -0.2) is 4.98 Å². The lowest BCUT2D eigenvalue weighted by atomic mass is 10.1. The molecule has 1 aliphatic heterocycles. The highest BCUT2D eigenvalue weighted by atomic mass is 32.1. The first kappa shape index (κ1) is 15.3. The minimum absolute atomic E-state index is 0.0858. The Morgan fingerprint density at radius 2 is 2.17 bits per heavy atom. The van der Waals surface area contributed by atoms with Crippen LogP contribution >= 0.6 is 11.3 Å². The van der Waals surface area contributed by atoms with Gasteiger partial charge in [-0.3, -0.25) is 9.48 Å². The van der Waals surface area contributed by atoms with Crippen molar-refractivity contribution < 1.29 is 0 Å². The Morgan fingerprint density at radius 3 is 2.88 bits per heavy atom. The molecule has 24 heavy (non-hydrogen) atoms. The van der Waals surface area contributed by atoms with E-state index < -0.39 is 0 Å². The molecule has 0 N–H and O–H groups in total. The van der Waals surface area contributed by atoms with E-state index in [1.54, 1.807) is 6.07 Å². The number of fused-ring (bicyclic) bond motifs is 1. The molecule has 1 fully saturated rings. The van der Waals surface area contributed by atoms with Crippen molar-refractivity contribution in [2.75, 3.05) is 18.0 Å². The first-order chi connectivity index (χ1) is 11.7. The molecule has 0 atom stereocenters. The van der Waals surface area contributed by atoms with Gasteiger partial charge in [0.05, 0.1) is 6.04 Å². The summed E-state index contributed by atoms with van der Waals surface area (Å²) in [6.45, 7) is 3.92. The van der Waals surface area contributed by atoms with E-state index in [4.69, 9.17) is 0 Å². The summed E-state index contributed by atoms with van der Waals surface area (Å²) < 4.78 is 3.47. The van der Waals surface area contributed by atoms with Gasteiger partial charge in [0.1, 0.15) is 0 Å². The van der Waals surface area contributed by atoms with E-state index in [2.05, 4.69) is 27.0 Å². The molecule has 0 amide bonds. The highest BCUT2D eigenvalue weighted by Gasteiger charge is 2.23. The van der Waals surface area contributed by atoms with Gasteiger partial charge in [0.15, 0.2) is 0 Å². The first-order valence-electron chi connectivity index (χ1n) is 8.38. The van der Waals surface area contributed by atoms with Gasteiger partial charge in [-0.2, -0.15) is 9.61 Å². The standard InChI is InChI=1S/C16H20N6OS/c1-2-4-12-11-14(23)22-15(18-12)24-16(19-22)20-9-5-13(6-10-20)21-8-3-7-17-21/h3,7-8,11,13H,2,4-6,9-10H2,1H3. The number of aromatic nitrogens is 5. The van der Waals surface area contributed by atoms with Crippen LogP contribution in [0.3, 0.4) is 0 Å². The molecule has 4 heterocycles. The fourth-order valence-corrected chi connectivity index (χ4v) is 4.15. The van der Waals surface area contributed by atoms with Gasteiger partial charge in [0.2, 0.25) is 10.1 Å². The van der Waals surface area contributed by atoms with Crippen LogP contribution in [0.4, 0.5) is 5.13 Å². The normalized spacial score (nSPS) is 16.1. The Kier molecular flexibility index (Phi) is 4.05. The molecule has 0 spiro atoms. The Labute approximate surface area is 143 Å². The van der Waals surface area contributed by atoms with Crippen molar-refractivity contribution in [3.8, 4) is 0 Å². The van der Waals surface area contributed by atoms with Crippen LogP contribution in [0.25, 0.3) is 4.96 Å². The van der Waals surface area contributed by atoms with Gasteiger partial charge < -0.3 is 4.90 Å². The molecule has 3 aromatic rings. The fourth-order valence-electron chi connectivity index (χ4n) is 3.18. The van der Waals surface area contributed by atoms with Crippen molar-refractivity contribution >= 4 is 21.4 Å². The molecule has 126 valence electrons. The third-order valence-corrected chi connectivity index (χ3v) is 5.40. The third-order valence-electron chi connectivity index (χ3n) is 4.43. The topological polar surface area (TPSA) is 68.3 Å². The summed E-state index contributed by atoms with van der Waals surface area (Å²) >= 11 is 1.50. The van der Waals surface area contributed by atoms with Crippen LogP contribution in [-0.2, 0) is 6.42 Å². The van der Waals surface area contributed by atoms with Crippen LogP contribution in [0.5, 0.6) is 0 Å². The molecule has 7 nitrogen and oxygen atoms in total. The zero-order chi connectivity index (χ0) is 16.5. The number of aryl methyl sites for hydroxylation is 1. The maximum absolute atomic E-state index is 12.2. The second-order valence-corrected chi connectivity index (χ2v) is 7.05.